The number of anilines is 1. The maximum absolute atomic E-state index is 14.0. The number of hydrogen-bond acceptors (Lipinski definition) is 3. The molecule has 4 nitrogen and oxygen atoms in total. The van der Waals surface area contributed by atoms with Crippen LogP contribution in [-0.4, -0.2) is 11.0 Å². The second-order valence-electron chi connectivity index (χ2n) is 5.27. The first-order chi connectivity index (χ1) is 11.6. The minimum absolute atomic E-state index is 0.119. The number of fused-ring (bicyclic) bond motifs is 1. The quantitative estimate of drug-likeness (QED) is 0.570. The van der Waals surface area contributed by atoms with Gasteiger partial charge in [0.25, 0.3) is 5.91 Å². The molecule has 6 heteroatoms. The Bertz CT molecular complexity index is 976. The van der Waals surface area contributed by atoms with E-state index in [0.717, 1.165) is 15.9 Å². The standard InChI is InChI=1S/C18H11FN2O2S/c19-13-6-2-3-7-15(13)21-17(22)14(20-18(21)24)10-12-9-11-5-1-4-8-16(11)23-12/h1-10H,(H,20,24)/b14-10+. The Hall–Kier alpha value is -2.99. The van der Waals surface area contributed by atoms with Crippen LogP contribution >= 0.6 is 12.2 Å². The molecule has 3 aromatic rings. The lowest BCUT2D eigenvalue weighted by Gasteiger charge is -2.14. The smallest absolute Gasteiger partial charge is 0.281 e. The molecule has 0 aliphatic carbocycles. The number of halogens is 1. The summed E-state index contributed by atoms with van der Waals surface area (Å²) >= 11 is 5.17. The van der Waals surface area contributed by atoms with Gasteiger partial charge in [0.1, 0.15) is 22.9 Å². The van der Waals surface area contributed by atoms with E-state index in [1.165, 1.54) is 12.1 Å². The molecule has 0 unspecified atom stereocenters. The minimum Gasteiger partial charge on any atom is -0.457 e. The molecule has 1 fully saturated rings. The largest absolute Gasteiger partial charge is 0.457 e. The Labute approximate surface area is 142 Å². The first kappa shape index (κ1) is 14.6. The monoisotopic (exact) mass is 338 g/mol. The number of amides is 1. The van der Waals surface area contributed by atoms with Crippen LogP contribution in [0.2, 0.25) is 0 Å². The Morgan fingerprint density at radius 1 is 1.12 bits per heavy atom. The molecule has 0 bridgehead atoms. The lowest BCUT2D eigenvalue weighted by molar-refractivity contribution is -0.113. The second-order valence-corrected chi connectivity index (χ2v) is 5.65. The zero-order valence-electron chi connectivity index (χ0n) is 12.3. The molecule has 118 valence electrons. The Balaban J connectivity index is 1.71. The van der Waals surface area contributed by atoms with E-state index in [1.54, 1.807) is 18.2 Å². The minimum atomic E-state index is -0.514. The number of para-hydroxylation sites is 2. The summed E-state index contributed by atoms with van der Waals surface area (Å²) in [7, 11) is 0. The molecular weight excluding hydrogens is 327 g/mol. The third-order valence-electron chi connectivity index (χ3n) is 3.70. The van der Waals surface area contributed by atoms with Crippen molar-refractivity contribution < 1.29 is 13.6 Å². The van der Waals surface area contributed by atoms with Crippen LogP contribution in [0.1, 0.15) is 5.76 Å². The van der Waals surface area contributed by atoms with Crippen molar-refractivity contribution in [3.63, 3.8) is 0 Å². The number of carbonyl (C=O) groups is 1. The molecule has 1 aliphatic heterocycles. The van der Waals surface area contributed by atoms with Crippen LogP contribution in [0.3, 0.4) is 0 Å². The molecule has 1 aromatic heterocycles. The van der Waals surface area contributed by atoms with Gasteiger partial charge in [-0.15, -0.1) is 0 Å². The average molecular weight is 338 g/mol. The highest BCUT2D eigenvalue weighted by atomic mass is 32.1. The van der Waals surface area contributed by atoms with Crippen molar-refractivity contribution in [2.75, 3.05) is 4.90 Å². The highest BCUT2D eigenvalue weighted by Gasteiger charge is 2.33. The van der Waals surface area contributed by atoms with E-state index in [9.17, 15) is 9.18 Å². The third-order valence-corrected chi connectivity index (χ3v) is 3.99. The van der Waals surface area contributed by atoms with Gasteiger partial charge in [0.05, 0.1) is 5.69 Å². The van der Waals surface area contributed by atoms with Gasteiger partial charge in [0.2, 0.25) is 0 Å². The van der Waals surface area contributed by atoms with Gasteiger partial charge in [-0.25, -0.2) is 9.29 Å². The number of benzene rings is 2. The van der Waals surface area contributed by atoms with Crippen molar-refractivity contribution in [1.29, 1.82) is 0 Å². The fourth-order valence-corrected chi connectivity index (χ4v) is 2.89. The molecule has 4 rings (SSSR count). The zero-order valence-corrected chi connectivity index (χ0v) is 13.1. The van der Waals surface area contributed by atoms with Crippen LogP contribution < -0.4 is 10.2 Å². The molecule has 0 saturated carbocycles. The lowest BCUT2D eigenvalue weighted by atomic mass is 10.2. The van der Waals surface area contributed by atoms with Gasteiger partial charge in [-0.3, -0.25) is 4.79 Å². The van der Waals surface area contributed by atoms with Crippen molar-refractivity contribution in [2.45, 2.75) is 0 Å². The number of nitrogens with zero attached hydrogens (tertiary/aromatic N) is 1. The lowest BCUT2D eigenvalue weighted by Crippen LogP contribution is -2.31. The summed E-state index contributed by atoms with van der Waals surface area (Å²) in [6, 6.07) is 15.4. The molecule has 0 radical (unpaired) electrons. The molecule has 1 saturated heterocycles. The predicted molar refractivity (Wildman–Crippen MR) is 93.8 cm³/mol. The van der Waals surface area contributed by atoms with E-state index in [2.05, 4.69) is 5.32 Å². The fraction of sp³-hybridized carbons (Fsp3) is 0. The highest BCUT2D eigenvalue weighted by Crippen LogP contribution is 2.26. The van der Waals surface area contributed by atoms with Crippen LogP contribution in [0.15, 0.2) is 64.7 Å². The van der Waals surface area contributed by atoms with E-state index < -0.39 is 11.7 Å². The molecule has 2 aromatic carbocycles. The van der Waals surface area contributed by atoms with E-state index in [4.69, 9.17) is 16.6 Å². The van der Waals surface area contributed by atoms with Gasteiger partial charge < -0.3 is 9.73 Å². The van der Waals surface area contributed by atoms with Gasteiger partial charge in [-0.05, 0) is 36.5 Å². The molecular formula is C18H11FN2O2S. The van der Waals surface area contributed by atoms with Gasteiger partial charge in [0, 0.05) is 11.5 Å². The maximum Gasteiger partial charge on any atom is 0.281 e. The van der Waals surface area contributed by atoms with Crippen LogP contribution in [0, 0.1) is 5.82 Å². The van der Waals surface area contributed by atoms with Crippen LogP contribution in [-0.2, 0) is 4.79 Å². The van der Waals surface area contributed by atoms with E-state index >= 15 is 0 Å². The average Bonchev–Trinajstić information content (AvgIpc) is 3.09. The molecule has 1 N–H and O–H groups in total. The molecule has 0 atom stereocenters. The van der Waals surface area contributed by atoms with Gasteiger partial charge >= 0.3 is 0 Å². The number of nitrogens with one attached hydrogen (secondary N) is 1. The zero-order chi connectivity index (χ0) is 16.7. The summed E-state index contributed by atoms with van der Waals surface area (Å²) in [6.45, 7) is 0. The van der Waals surface area contributed by atoms with Gasteiger partial charge in [-0.1, -0.05) is 30.3 Å². The number of carbonyl (C=O) groups excluding carboxylic acids is 1. The Kier molecular flexibility index (Phi) is 3.39. The van der Waals surface area contributed by atoms with Crippen LogP contribution in [0.25, 0.3) is 17.0 Å². The van der Waals surface area contributed by atoms with Crippen LogP contribution in [0.4, 0.5) is 10.1 Å². The number of furan rings is 1. The van der Waals surface area contributed by atoms with Crippen molar-refractivity contribution in [3.05, 3.63) is 71.9 Å². The van der Waals surface area contributed by atoms with E-state index in [1.807, 2.05) is 30.3 Å². The summed E-state index contributed by atoms with van der Waals surface area (Å²) in [6.07, 6.45) is 1.56. The number of thiocarbonyl (C=S) groups is 1. The highest BCUT2D eigenvalue weighted by molar-refractivity contribution is 7.80. The van der Waals surface area contributed by atoms with E-state index in [-0.39, 0.29) is 16.5 Å². The maximum atomic E-state index is 14.0. The van der Waals surface area contributed by atoms with Crippen molar-refractivity contribution in [1.82, 2.24) is 5.32 Å². The topological polar surface area (TPSA) is 45.5 Å². The summed E-state index contributed by atoms with van der Waals surface area (Å²) in [5.41, 5.74) is 1.08. The van der Waals surface area contributed by atoms with Crippen molar-refractivity contribution in [2.24, 2.45) is 0 Å². The summed E-state index contributed by atoms with van der Waals surface area (Å²) in [5.74, 6) is -0.421. The normalized spacial score (nSPS) is 16.2. The molecule has 24 heavy (non-hydrogen) atoms. The summed E-state index contributed by atoms with van der Waals surface area (Å²) in [4.78, 5) is 13.7. The molecule has 0 spiro atoms. The first-order valence-electron chi connectivity index (χ1n) is 7.24. The molecule has 1 amide bonds. The fourth-order valence-electron chi connectivity index (χ4n) is 2.60. The Morgan fingerprint density at radius 2 is 1.88 bits per heavy atom. The number of rotatable bonds is 2. The molecule has 1 aliphatic rings. The van der Waals surface area contributed by atoms with Crippen molar-refractivity contribution in [3.8, 4) is 0 Å². The first-order valence-corrected chi connectivity index (χ1v) is 7.64. The third kappa shape index (κ3) is 2.37. The number of hydrogen-bond donors (Lipinski definition) is 1. The van der Waals surface area contributed by atoms with Crippen molar-refractivity contribution >= 4 is 46.0 Å². The van der Waals surface area contributed by atoms with E-state index in [0.29, 0.717) is 5.76 Å². The van der Waals surface area contributed by atoms with Crippen LogP contribution in [0.5, 0.6) is 0 Å². The Morgan fingerprint density at radius 3 is 2.67 bits per heavy atom. The summed E-state index contributed by atoms with van der Waals surface area (Å²) < 4.78 is 19.6. The van der Waals surface area contributed by atoms with Gasteiger partial charge in [-0.2, -0.15) is 0 Å². The molecule has 2 heterocycles. The SMILES string of the molecule is O=C1/C(=C\c2cc3ccccc3o2)NC(=S)N1c1ccccc1F. The predicted octanol–water partition coefficient (Wildman–Crippen LogP) is 3.83. The second kappa shape index (κ2) is 5.58. The van der Waals surface area contributed by atoms with Gasteiger partial charge in [0.15, 0.2) is 5.11 Å². The summed E-state index contributed by atoms with van der Waals surface area (Å²) in [5, 5.41) is 3.88.